The molecule has 0 aliphatic rings. The number of carbonyl (C=O) groups excluding carboxylic acids is 1. The molecular weight excluding hydrogens is 223 g/mol. The van der Waals surface area contributed by atoms with E-state index < -0.39 is 11.7 Å². The van der Waals surface area contributed by atoms with Crippen LogP contribution in [0.25, 0.3) is 0 Å². The molecular formula is C11H11FN4O. The second-order valence-electron chi connectivity index (χ2n) is 3.61. The molecule has 3 N–H and O–H groups in total. The van der Waals surface area contributed by atoms with E-state index in [-0.39, 0.29) is 11.4 Å². The van der Waals surface area contributed by atoms with Crippen LogP contribution in [-0.2, 0) is 7.05 Å². The van der Waals surface area contributed by atoms with Crippen molar-refractivity contribution in [2.24, 2.45) is 7.05 Å². The van der Waals surface area contributed by atoms with Gasteiger partial charge in [-0.25, -0.2) is 9.37 Å². The Morgan fingerprint density at radius 3 is 2.88 bits per heavy atom. The highest BCUT2D eigenvalue weighted by molar-refractivity contribution is 6.02. The minimum absolute atomic E-state index is 0.0424. The zero-order valence-electron chi connectivity index (χ0n) is 9.14. The van der Waals surface area contributed by atoms with Crippen molar-refractivity contribution in [2.75, 3.05) is 11.1 Å². The summed E-state index contributed by atoms with van der Waals surface area (Å²) in [4.78, 5) is 15.6. The number of aryl methyl sites for hydroxylation is 1. The Kier molecular flexibility index (Phi) is 2.78. The summed E-state index contributed by atoms with van der Waals surface area (Å²) < 4.78 is 14.8. The van der Waals surface area contributed by atoms with Crippen LogP contribution in [0, 0.1) is 5.82 Å². The lowest BCUT2D eigenvalue weighted by Gasteiger charge is -2.04. The standard InChI is InChI=1S/C11H11FN4O/c1-16-5-10(14-6-16)11(17)15-7-2-3-9(13)8(12)4-7/h2-6H,13H2,1H3,(H,15,17). The molecule has 0 spiro atoms. The third kappa shape index (κ3) is 2.41. The minimum atomic E-state index is -0.566. The van der Waals surface area contributed by atoms with Crippen molar-refractivity contribution >= 4 is 17.3 Å². The minimum Gasteiger partial charge on any atom is -0.396 e. The zero-order chi connectivity index (χ0) is 12.4. The van der Waals surface area contributed by atoms with Gasteiger partial charge in [-0.15, -0.1) is 0 Å². The van der Waals surface area contributed by atoms with E-state index in [0.717, 1.165) is 6.07 Å². The molecule has 17 heavy (non-hydrogen) atoms. The van der Waals surface area contributed by atoms with E-state index in [9.17, 15) is 9.18 Å². The number of nitrogens with one attached hydrogen (secondary N) is 1. The summed E-state index contributed by atoms with van der Waals surface area (Å²) in [5.74, 6) is -0.960. The summed E-state index contributed by atoms with van der Waals surface area (Å²) in [5, 5.41) is 2.53. The van der Waals surface area contributed by atoms with Crippen LogP contribution in [0.3, 0.4) is 0 Å². The number of nitrogen functional groups attached to an aromatic ring is 1. The SMILES string of the molecule is Cn1cnc(C(=O)Nc2ccc(N)c(F)c2)c1. The first-order chi connectivity index (χ1) is 8.06. The van der Waals surface area contributed by atoms with E-state index >= 15 is 0 Å². The number of hydrogen-bond donors (Lipinski definition) is 2. The Hall–Kier alpha value is -2.37. The summed E-state index contributed by atoms with van der Waals surface area (Å²) in [6, 6.07) is 4.08. The van der Waals surface area contributed by atoms with Crippen LogP contribution >= 0.6 is 0 Å². The van der Waals surface area contributed by atoms with Crippen LogP contribution in [0.2, 0.25) is 0 Å². The molecule has 88 valence electrons. The van der Waals surface area contributed by atoms with Gasteiger partial charge >= 0.3 is 0 Å². The van der Waals surface area contributed by atoms with Crippen LogP contribution in [0.4, 0.5) is 15.8 Å². The lowest BCUT2D eigenvalue weighted by molar-refractivity contribution is 0.102. The fourth-order valence-corrected chi connectivity index (χ4v) is 1.33. The smallest absolute Gasteiger partial charge is 0.275 e. The number of anilines is 2. The fraction of sp³-hybridized carbons (Fsp3) is 0.0909. The molecule has 6 heteroatoms. The maximum Gasteiger partial charge on any atom is 0.275 e. The first kappa shape index (κ1) is 11.1. The molecule has 0 saturated heterocycles. The average Bonchev–Trinajstić information content (AvgIpc) is 2.70. The number of benzene rings is 1. The van der Waals surface area contributed by atoms with E-state index in [4.69, 9.17) is 5.73 Å². The first-order valence-electron chi connectivity index (χ1n) is 4.90. The van der Waals surface area contributed by atoms with Gasteiger partial charge in [-0.2, -0.15) is 0 Å². The van der Waals surface area contributed by atoms with Crippen molar-refractivity contribution in [3.63, 3.8) is 0 Å². The van der Waals surface area contributed by atoms with E-state index in [0.29, 0.717) is 5.69 Å². The van der Waals surface area contributed by atoms with Gasteiger partial charge in [0.1, 0.15) is 11.5 Å². The molecule has 0 unspecified atom stereocenters. The van der Waals surface area contributed by atoms with Crippen molar-refractivity contribution < 1.29 is 9.18 Å². The second-order valence-corrected chi connectivity index (χ2v) is 3.61. The summed E-state index contributed by atoms with van der Waals surface area (Å²) in [5.41, 5.74) is 5.98. The molecule has 0 bridgehead atoms. The highest BCUT2D eigenvalue weighted by atomic mass is 19.1. The van der Waals surface area contributed by atoms with Crippen LogP contribution in [-0.4, -0.2) is 15.5 Å². The number of hydrogen-bond acceptors (Lipinski definition) is 3. The van der Waals surface area contributed by atoms with Gasteiger partial charge in [0.2, 0.25) is 0 Å². The number of nitrogens with zero attached hydrogens (tertiary/aromatic N) is 2. The monoisotopic (exact) mass is 234 g/mol. The van der Waals surface area contributed by atoms with Gasteiger partial charge in [0.25, 0.3) is 5.91 Å². The van der Waals surface area contributed by atoms with Crippen molar-refractivity contribution in [1.82, 2.24) is 9.55 Å². The van der Waals surface area contributed by atoms with Crippen LogP contribution in [0.1, 0.15) is 10.5 Å². The van der Waals surface area contributed by atoms with Gasteiger partial charge in [0.05, 0.1) is 12.0 Å². The Balaban J connectivity index is 2.15. The topological polar surface area (TPSA) is 72.9 Å². The Labute approximate surface area is 97.1 Å². The molecule has 0 atom stereocenters. The van der Waals surface area contributed by atoms with Gasteiger partial charge < -0.3 is 15.6 Å². The number of imidazole rings is 1. The fourth-order valence-electron chi connectivity index (χ4n) is 1.33. The predicted octanol–water partition coefficient (Wildman–Crippen LogP) is 1.39. The van der Waals surface area contributed by atoms with Gasteiger partial charge in [-0.3, -0.25) is 4.79 Å². The molecule has 0 saturated carbocycles. The lowest BCUT2D eigenvalue weighted by Crippen LogP contribution is -2.12. The van der Waals surface area contributed by atoms with Gasteiger partial charge in [-0.1, -0.05) is 0 Å². The third-order valence-electron chi connectivity index (χ3n) is 2.20. The highest BCUT2D eigenvalue weighted by Crippen LogP contribution is 2.16. The van der Waals surface area contributed by atoms with Gasteiger partial charge in [-0.05, 0) is 18.2 Å². The van der Waals surface area contributed by atoms with Crippen molar-refractivity contribution in [3.05, 3.63) is 42.2 Å². The summed E-state index contributed by atoms with van der Waals surface area (Å²) in [6.07, 6.45) is 3.08. The van der Waals surface area contributed by atoms with Gasteiger partial charge in [0, 0.05) is 18.9 Å². The number of nitrogens with two attached hydrogens (primary N) is 1. The average molecular weight is 234 g/mol. The molecule has 2 rings (SSSR count). The Morgan fingerprint density at radius 2 is 2.29 bits per heavy atom. The summed E-state index contributed by atoms with van der Waals surface area (Å²) in [6.45, 7) is 0. The molecule has 2 aromatic rings. The molecule has 1 amide bonds. The maximum atomic E-state index is 13.1. The maximum absolute atomic E-state index is 13.1. The normalized spacial score (nSPS) is 10.2. The van der Waals surface area contributed by atoms with Gasteiger partial charge in [0.15, 0.2) is 0 Å². The molecule has 1 aromatic carbocycles. The van der Waals surface area contributed by atoms with Crippen molar-refractivity contribution in [2.45, 2.75) is 0 Å². The molecule has 1 heterocycles. The number of rotatable bonds is 2. The largest absolute Gasteiger partial charge is 0.396 e. The zero-order valence-corrected chi connectivity index (χ0v) is 9.14. The van der Waals surface area contributed by atoms with Crippen molar-refractivity contribution in [3.8, 4) is 0 Å². The predicted molar refractivity (Wildman–Crippen MR) is 62.0 cm³/mol. The Bertz CT molecular complexity index is 564. The highest BCUT2D eigenvalue weighted by Gasteiger charge is 2.09. The molecule has 0 radical (unpaired) electrons. The Morgan fingerprint density at radius 1 is 1.53 bits per heavy atom. The number of amides is 1. The van der Waals surface area contributed by atoms with E-state index in [1.165, 1.54) is 18.5 Å². The molecule has 1 aromatic heterocycles. The van der Waals surface area contributed by atoms with Crippen molar-refractivity contribution in [1.29, 1.82) is 0 Å². The van der Waals surface area contributed by atoms with Crippen LogP contribution in [0.15, 0.2) is 30.7 Å². The van der Waals surface area contributed by atoms with Crippen LogP contribution in [0.5, 0.6) is 0 Å². The van der Waals surface area contributed by atoms with E-state index in [1.54, 1.807) is 17.8 Å². The molecule has 0 aliphatic heterocycles. The molecule has 0 aliphatic carbocycles. The number of aromatic nitrogens is 2. The quantitative estimate of drug-likeness (QED) is 0.771. The molecule has 5 nitrogen and oxygen atoms in total. The van der Waals surface area contributed by atoms with E-state index in [1.807, 2.05) is 0 Å². The number of carbonyl (C=O) groups is 1. The second kappa shape index (κ2) is 4.25. The third-order valence-corrected chi connectivity index (χ3v) is 2.20. The first-order valence-corrected chi connectivity index (χ1v) is 4.90. The number of halogens is 1. The lowest BCUT2D eigenvalue weighted by atomic mass is 10.2. The van der Waals surface area contributed by atoms with E-state index in [2.05, 4.69) is 10.3 Å². The molecule has 0 fully saturated rings. The summed E-state index contributed by atoms with van der Waals surface area (Å²) in [7, 11) is 1.76. The van der Waals surface area contributed by atoms with Crippen LogP contribution < -0.4 is 11.1 Å². The summed E-state index contributed by atoms with van der Waals surface area (Å²) >= 11 is 0.